The molecule has 0 saturated heterocycles. The lowest BCUT2D eigenvalue weighted by atomic mass is 9.88. The van der Waals surface area contributed by atoms with Crippen molar-refractivity contribution in [3.8, 4) is 11.3 Å². The molecule has 1 fully saturated rings. The number of carbonyl (C=O) groups excluding carboxylic acids is 1. The van der Waals surface area contributed by atoms with Crippen LogP contribution in [-0.2, 0) is 12.0 Å². The number of aliphatic hydroxyl groups is 1. The molecule has 188 valence electrons. The highest BCUT2D eigenvalue weighted by Gasteiger charge is 2.26. The Morgan fingerprint density at radius 3 is 2.43 bits per heavy atom. The average molecular weight is 476 g/mol. The first-order valence-electron chi connectivity index (χ1n) is 13.1. The van der Waals surface area contributed by atoms with Crippen LogP contribution in [0.15, 0.2) is 36.4 Å². The number of amides is 1. The number of hydrogen-bond acceptors (Lipinski definition) is 3. The minimum atomic E-state index is -0.958. The van der Waals surface area contributed by atoms with Gasteiger partial charge in [-0.3, -0.25) is 9.78 Å². The molecule has 3 aromatic rings. The monoisotopic (exact) mass is 475 g/mol. The first kappa shape index (κ1) is 25.4. The molecular formula is C30H41N3O2. The van der Waals surface area contributed by atoms with E-state index >= 15 is 0 Å². The van der Waals surface area contributed by atoms with E-state index < -0.39 is 5.60 Å². The number of para-hydroxylation sites is 1. The Hall–Kier alpha value is -2.66. The third-order valence-electron chi connectivity index (χ3n) is 7.22. The van der Waals surface area contributed by atoms with Crippen LogP contribution < -0.4 is 5.32 Å². The zero-order valence-electron chi connectivity index (χ0n) is 22.2. The maximum absolute atomic E-state index is 13.2. The quantitative estimate of drug-likeness (QED) is 0.434. The molecule has 0 aliphatic heterocycles. The largest absolute Gasteiger partial charge is 0.389 e. The van der Waals surface area contributed by atoms with Gasteiger partial charge in [0.1, 0.15) is 0 Å². The molecule has 35 heavy (non-hydrogen) atoms. The molecule has 1 aliphatic rings. The van der Waals surface area contributed by atoms with E-state index in [0.29, 0.717) is 11.5 Å². The van der Waals surface area contributed by atoms with Gasteiger partial charge in [-0.25, -0.2) is 0 Å². The Bertz CT molecular complexity index is 1200. The lowest BCUT2D eigenvalue weighted by molar-refractivity contribution is 0.0694. The molecular weight excluding hydrogens is 434 g/mol. The zero-order valence-corrected chi connectivity index (χ0v) is 22.2. The van der Waals surface area contributed by atoms with Crippen molar-refractivity contribution >= 4 is 16.8 Å². The van der Waals surface area contributed by atoms with Gasteiger partial charge in [0.2, 0.25) is 0 Å². The molecule has 0 bridgehead atoms. The molecule has 0 spiro atoms. The molecule has 4 rings (SSSR count). The third kappa shape index (κ3) is 5.78. The number of nitrogens with one attached hydrogen (secondary N) is 1. The van der Waals surface area contributed by atoms with Crippen LogP contribution in [0.2, 0.25) is 0 Å². The van der Waals surface area contributed by atoms with Gasteiger partial charge in [-0.05, 0) is 57.7 Å². The topological polar surface area (TPSA) is 67.2 Å². The molecule has 5 nitrogen and oxygen atoms in total. The highest BCUT2D eigenvalue weighted by molar-refractivity contribution is 6.00. The summed E-state index contributed by atoms with van der Waals surface area (Å²) in [5, 5.41) is 14.2. The molecule has 2 aromatic heterocycles. The summed E-state index contributed by atoms with van der Waals surface area (Å²) in [7, 11) is 0. The predicted octanol–water partition coefficient (Wildman–Crippen LogP) is 6.39. The Kier molecular flexibility index (Phi) is 7.10. The molecule has 1 aliphatic carbocycles. The summed E-state index contributed by atoms with van der Waals surface area (Å²) >= 11 is 0. The Balaban J connectivity index is 1.87. The second-order valence-corrected chi connectivity index (χ2v) is 12.0. The number of hydrogen-bond donors (Lipinski definition) is 2. The number of pyridine rings is 1. The van der Waals surface area contributed by atoms with Crippen molar-refractivity contribution in [2.24, 2.45) is 5.92 Å². The standard InChI is InChI=1S/C30H41N3O2/c1-20-23(28(34)31-19-30(5,6)35)16-26(33(20)18-21-12-8-7-9-13-21)24-17-27(29(2,3)4)32-25-15-11-10-14-22(24)25/h10-11,14-17,21,35H,7-9,12-13,18-19H2,1-6H3,(H,31,34). The van der Waals surface area contributed by atoms with Crippen LogP contribution in [0, 0.1) is 12.8 Å². The lowest BCUT2D eigenvalue weighted by Crippen LogP contribution is -2.38. The summed E-state index contributed by atoms with van der Waals surface area (Å²) in [4.78, 5) is 18.2. The molecule has 1 aromatic carbocycles. The van der Waals surface area contributed by atoms with Gasteiger partial charge < -0.3 is 15.0 Å². The molecule has 1 saturated carbocycles. The van der Waals surface area contributed by atoms with Gasteiger partial charge in [-0.15, -0.1) is 0 Å². The summed E-state index contributed by atoms with van der Waals surface area (Å²) in [5.74, 6) is 0.485. The molecule has 0 unspecified atom stereocenters. The average Bonchev–Trinajstić information content (AvgIpc) is 3.12. The number of nitrogens with zero attached hydrogens (tertiary/aromatic N) is 2. The summed E-state index contributed by atoms with van der Waals surface area (Å²) in [6.45, 7) is 13.2. The van der Waals surface area contributed by atoms with Gasteiger partial charge in [0.05, 0.1) is 16.7 Å². The molecule has 0 radical (unpaired) electrons. The highest BCUT2D eigenvalue weighted by Crippen LogP contribution is 2.36. The Morgan fingerprint density at radius 1 is 1.09 bits per heavy atom. The molecule has 2 heterocycles. The number of benzene rings is 1. The molecule has 2 N–H and O–H groups in total. The van der Waals surface area contributed by atoms with Crippen molar-refractivity contribution in [3.05, 3.63) is 53.3 Å². The minimum Gasteiger partial charge on any atom is -0.389 e. The van der Waals surface area contributed by atoms with Gasteiger partial charge in [0, 0.05) is 46.5 Å². The molecule has 0 atom stereocenters. The van der Waals surface area contributed by atoms with Crippen molar-refractivity contribution in [1.82, 2.24) is 14.9 Å². The smallest absolute Gasteiger partial charge is 0.253 e. The Labute approximate surface area is 210 Å². The van der Waals surface area contributed by atoms with Gasteiger partial charge >= 0.3 is 0 Å². The fourth-order valence-electron chi connectivity index (χ4n) is 5.12. The SMILES string of the molecule is Cc1c(C(=O)NCC(C)(C)O)cc(-c2cc(C(C)(C)C)nc3ccccc23)n1CC1CCCCC1. The predicted molar refractivity (Wildman–Crippen MR) is 144 cm³/mol. The molecule has 1 amide bonds. The van der Waals surface area contributed by atoms with E-state index in [0.717, 1.165) is 40.1 Å². The maximum atomic E-state index is 13.2. The van der Waals surface area contributed by atoms with E-state index in [9.17, 15) is 9.90 Å². The van der Waals surface area contributed by atoms with Crippen LogP contribution in [0.4, 0.5) is 0 Å². The zero-order chi connectivity index (χ0) is 25.4. The summed E-state index contributed by atoms with van der Waals surface area (Å²) in [6.07, 6.45) is 6.36. The number of rotatable bonds is 6. The van der Waals surface area contributed by atoms with E-state index in [4.69, 9.17) is 4.98 Å². The third-order valence-corrected chi connectivity index (χ3v) is 7.22. The Morgan fingerprint density at radius 2 is 1.77 bits per heavy atom. The van der Waals surface area contributed by atoms with Crippen LogP contribution in [0.1, 0.15) is 88.5 Å². The van der Waals surface area contributed by atoms with Gasteiger partial charge in [0.15, 0.2) is 0 Å². The fraction of sp³-hybridized carbons (Fsp3) is 0.533. The minimum absolute atomic E-state index is 0.0957. The van der Waals surface area contributed by atoms with Crippen molar-refractivity contribution in [1.29, 1.82) is 0 Å². The van der Waals surface area contributed by atoms with Crippen LogP contribution in [0.5, 0.6) is 0 Å². The lowest BCUT2D eigenvalue weighted by Gasteiger charge is -2.25. The second-order valence-electron chi connectivity index (χ2n) is 12.0. The van der Waals surface area contributed by atoms with Crippen molar-refractivity contribution in [2.75, 3.05) is 6.54 Å². The van der Waals surface area contributed by atoms with Crippen LogP contribution in [0.3, 0.4) is 0 Å². The summed E-state index contributed by atoms with van der Waals surface area (Å²) in [5.41, 5.74) is 4.83. The van der Waals surface area contributed by atoms with Crippen molar-refractivity contribution in [3.63, 3.8) is 0 Å². The number of carbonyl (C=O) groups is 1. The summed E-state index contributed by atoms with van der Waals surface area (Å²) < 4.78 is 2.36. The first-order chi connectivity index (χ1) is 16.4. The first-order valence-corrected chi connectivity index (χ1v) is 13.1. The van der Waals surface area contributed by atoms with E-state index in [1.165, 1.54) is 32.1 Å². The van der Waals surface area contributed by atoms with Crippen LogP contribution in [-0.4, -0.2) is 32.7 Å². The number of aromatic nitrogens is 2. The highest BCUT2D eigenvalue weighted by atomic mass is 16.3. The van der Waals surface area contributed by atoms with Gasteiger partial charge in [-0.1, -0.05) is 58.2 Å². The second kappa shape index (κ2) is 9.77. The van der Waals surface area contributed by atoms with Gasteiger partial charge in [-0.2, -0.15) is 0 Å². The van der Waals surface area contributed by atoms with Crippen LogP contribution in [0.25, 0.3) is 22.2 Å². The van der Waals surface area contributed by atoms with E-state index in [2.05, 4.69) is 61.8 Å². The van der Waals surface area contributed by atoms with Crippen LogP contribution >= 0.6 is 0 Å². The van der Waals surface area contributed by atoms with Gasteiger partial charge in [0.25, 0.3) is 5.91 Å². The fourth-order valence-corrected chi connectivity index (χ4v) is 5.12. The summed E-state index contributed by atoms with van der Waals surface area (Å²) in [6, 6.07) is 12.6. The van der Waals surface area contributed by atoms with E-state index in [1.807, 2.05) is 12.1 Å². The maximum Gasteiger partial charge on any atom is 0.253 e. The van der Waals surface area contributed by atoms with E-state index in [1.54, 1.807) is 13.8 Å². The number of fused-ring (bicyclic) bond motifs is 1. The van der Waals surface area contributed by atoms with Crippen molar-refractivity contribution < 1.29 is 9.90 Å². The molecule has 5 heteroatoms. The van der Waals surface area contributed by atoms with E-state index in [-0.39, 0.29) is 17.9 Å². The normalized spacial score (nSPS) is 15.5. The van der Waals surface area contributed by atoms with Crippen molar-refractivity contribution in [2.45, 2.75) is 91.2 Å².